The Hall–Kier alpha value is -3.16. The van der Waals surface area contributed by atoms with Crippen molar-refractivity contribution >= 4 is 0 Å². The zero-order valence-electron chi connectivity index (χ0n) is 16.4. The number of hydrogen-bond acceptors (Lipinski definition) is 0. The smallest absolute Gasteiger partial charge is 0.0391 e. The van der Waals surface area contributed by atoms with E-state index in [-0.39, 0.29) is 0 Å². The fraction of sp³-hybridized carbons (Fsp3) is 0.143. The van der Waals surface area contributed by atoms with Crippen molar-refractivity contribution in [2.45, 2.75) is 25.9 Å². The summed E-state index contributed by atoms with van der Waals surface area (Å²) < 4.78 is 0. The third kappa shape index (κ3) is 2.73. The zero-order valence-corrected chi connectivity index (χ0v) is 16.4. The van der Waals surface area contributed by atoms with Crippen molar-refractivity contribution in [2.75, 3.05) is 0 Å². The van der Waals surface area contributed by atoms with Crippen LogP contribution in [-0.4, -0.2) is 0 Å². The average Bonchev–Trinajstić information content (AvgIpc) is 3.33. The molecule has 0 heterocycles. The predicted molar refractivity (Wildman–Crippen MR) is 119 cm³/mol. The summed E-state index contributed by atoms with van der Waals surface area (Å²) in [5, 5.41) is 4.99. The summed E-state index contributed by atoms with van der Waals surface area (Å²) in [5.74, 6) is 0. The summed E-state index contributed by atoms with van der Waals surface area (Å²) in [5.41, 5.74) is 14.1. The molecule has 0 bridgehead atoms. The Morgan fingerprint density at radius 2 is 0.931 bits per heavy atom. The summed E-state index contributed by atoms with van der Waals surface area (Å²) in [4.78, 5) is 0. The molecule has 0 atom stereocenters. The molecule has 139 valence electrons. The largest absolute Gasteiger partial charge is 0.232 e. The third-order valence-corrected chi connectivity index (χ3v) is 6.46. The molecule has 0 amide bonds. The number of nitrogens with zero attached hydrogens (tertiary/aromatic N) is 1. The first-order chi connectivity index (χ1) is 14.4. The Morgan fingerprint density at radius 3 is 1.45 bits per heavy atom. The second kappa shape index (κ2) is 6.72. The lowest BCUT2D eigenvalue weighted by atomic mass is 10.00. The van der Waals surface area contributed by atoms with Crippen LogP contribution in [0, 0.1) is 0 Å². The molecule has 0 saturated carbocycles. The molecule has 0 saturated heterocycles. The highest BCUT2D eigenvalue weighted by Crippen LogP contribution is 2.39. The lowest BCUT2D eigenvalue weighted by Gasteiger charge is -2.11. The molecule has 4 aromatic carbocycles. The molecule has 0 aliphatic heterocycles. The summed E-state index contributed by atoms with van der Waals surface area (Å²) in [6, 6.07) is 30.9. The highest BCUT2D eigenvalue weighted by Gasteiger charge is 2.22. The SMILES string of the molecule is c1ccc2c(c1)Cc1c(C[N]Cc3cccc4c3Cc3ccccc3-4)cccc1-2. The molecule has 0 unspecified atom stereocenters. The van der Waals surface area contributed by atoms with Crippen LogP contribution in [0.25, 0.3) is 22.3 Å². The first-order valence-electron chi connectivity index (χ1n) is 10.4. The van der Waals surface area contributed by atoms with Crippen LogP contribution in [0.5, 0.6) is 0 Å². The summed E-state index contributed by atoms with van der Waals surface area (Å²) in [6.07, 6.45) is 2.07. The molecule has 4 aromatic rings. The first-order valence-corrected chi connectivity index (χ1v) is 10.4. The maximum atomic E-state index is 4.99. The Balaban J connectivity index is 1.23. The number of benzene rings is 4. The van der Waals surface area contributed by atoms with E-state index < -0.39 is 0 Å². The fourth-order valence-corrected chi connectivity index (χ4v) is 5.04. The maximum Gasteiger partial charge on any atom is 0.0391 e. The van der Waals surface area contributed by atoms with Crippen molar-refractivity contribution < 1.29 is 0 Å². The van der Waals surface area contributed by atoms with Crippen molar-refractivity contribution in [3.63, 3.8) is 0 Å². The van der Waals surface area contributed by atoms with Crippen molar-refractivity contribution in [1.29, 1.82) is 0 Å². The van der Waals surface area contributed by atoms with Crippen LogP contribution in [0.15, 0.2) is 84.9 Å². The summed E-state index contributed by atoms with van der Waals surface area (Å²) in [6.45, 7) is 1.57. The lowest BCUT2D eigenvalue weighted by Crippen LogP contribution is -2.08. The van der Waals surface area contributed by atoms with Gasteiger partial charge in [-0.3, -0.25) is 0 Å². The van der Waals surface area contributed by atoms with Gasteiger partial charge in [0.2, 0.25) is 0 Å². The van der Waals surface area contributed by atoms with E-state index in [1.165, 1.54) is 55.6 Å². The molecule has 1 heteroatoms. The van der Waals surface area contributed by atoms with Crippen molar-refractivity contribution in [3.8, 4) is 22.3 Å². The van der Waals surface area contributed by atoms with E-state index in [0.29, 0.717) is 0 Å². The number of rotatable bonds is 4. The van der Waals surface area contributed by atoms with Crippen molar-refractivity contribution in [3.05, 3.63) is 118 Å². The lowest BCUT2D eigenvalue weighted by molar-refractivity contribution is 0.670. The highest BCUT2D eigenvalue weighted by atomic mass is 14.8. The van der Waals surface area contributed by atoms with Crippen LogP contribution in [0.2, 0.25) is 0 Å². The second-order valence-corrected chi connectivity index (χ2v) is 8.09. The van der Waals surface area contributed by atoms with Crippen LogP contribution in [0.3, 0.4) is 0 Å². The van der Waals surface area contributed by atoms with Gasteiger partial charge in [0.1, 0.15) is 0 Å². The van der Waals surface area contributed by atoms with Gasteiger partial charge in [0.25, 0.3) is 0 Å². The Labute approximate surface area is 172 Å². The van der Waals surface area contributed by atoms with Gasteiger partial charge in [-0.05, 0) is 68.5 Å². The van der Waals surface area contributed by atoms with Crippen LogP contribution in [-0.2, 0) is 25.9 Å². The molecular formula is C28H22N. The van der Waals surface area contributed by atoms with Crippen LogP contribution in [0.1, 0.15) is 33.4 Å². The fourth-order valence-electron chi connectivity index (χ4n) is 5.04. The second-order valence-electron chi connectivity index (χ2n) is 8.09. The first kappa shape index (κ1) is 16.8. The third-order valence-electron chi connectivity index (χ3n) is 6.46. The number of hydrogen-bond donors (Lipinski definition) is 0. The van der Waals surface area contributed by atoms with E-state index in [9.17, 15) is 0 Å². The molecular weight excluding hydrogens is 350 g/mol. The molecule has 1 nitrogen and oxygen atoms in total. The van der Waals surface area contributed by atoms with Gasteiger partial charge in [-0.1, -0.05) is 84.9 Å². The van der Waals surface area contributed by atoms with Crippen molar-refractivity contribution in [2.24, 2.45) is 0 Å². The highest BCUT2D eigenvalue weighted by molar-refractivity contribution is 5.78. The minimum absolute atomic E-state index is 0.785. The van der Waals surface area contributed by atoms with Gasteiger partial charge in [-0.2, -0.15) is 0 Å². The van der Waals surface area contributed by atoms with Crippen LogP contribution < -0.4 is 5.32 Å². The molecule has 29 heavy (non-hydrogen) atoms. The summed E-state index contributed by atoms with van der Waals surface area (Å²) >= 11 is 0. The molecule has 0 spiro atoms. The monoisotopic (exact) mass is 372 g/mol. The minimum Gasteiger partial charge on any atom is -0.232 e. The van der Waals surface area contributed by atoms with Gasteiger partial charge in [0.05, 0.1) is 0 Å². The van der Waals surface area contributed by atoms with E-state index in [1.54, 1.807) is 0 Å². The predicted octanol–water partition coefficient (Wildman–Crippen LogP) is 6.13. The molecule has 2 aliphatic rings. The molecule has 0 fully saturated rings. The van der Waals surface area contributed by atoms with E-state index in [0.717, 1.165) is 25.9 Å². The standard InChI is InChI=1S/C28H22N/c1-3-11-23-19(7-1)15-27-21(9-5-13-25(23)27)17-29-18-22-10-6-14-26-24-12-4-2-8-20(24)16-28(22)26/h1-14H,15-18H2. The zero-order chi connectivity index (χ0) is 19.2. The van der Waals surface area contributed by atoms with Gasteiger partial charge in [0.15, 0.2) is 0 Å². The molecule has 0 N–H and O–H groups in total. The molecule has 0 aromatic heterocycles. The average molecular weight is 372 g/mol. The Kier molecular flexibility index (Phi) is 3.88. The minimum atomic E-state index is 0.785. The normalized spacial score (nSPS) is 13.0. The Bertz CT molecular complexity index is 1140. The van der Waals surface area contributed by atoms with Gasteiger partial charge in [-0.15, -0.1) is 0 Å². The maximum absolute atomic E-state index is 4.99. The summed E-state index contributed by atoms with van der Waals surface area (Å²) in [7, 11) is 0. The van der Waals surface area contributed by atoms with E-state index >= 15 is 0 Å². The van der Waals surface area contributed by atoms with Crippen LogP contribution >= 0.6 is 0 Å². The van der Waals surface area contributed by atoms with E-state index in [2.05, 4.69) is 84.9 Å². The van der Waals surface area contributed by atoms with E-state index in [4.69, 9.17) is 5.32 Å². The molecule has 2 aliphatic carbocycles. The molecule has 1 radical (unpaired) electrons. The van der Waals surface area contributed by atoms with E-state index in [1.807, 2.05) is 0 Å². The quantitative estimate of drug-likeness (QED) is 0.353. The molecule has 6 rings (SSSR count). The van der Waals surface area contributed by atoms with Gasteiger partial charge >= 0.3 is 0 Å². The van der Waals surface area contributed by atoms with Gasteiger partial charge < -0.3 is 0 Å². The Morgan fingerprint density at radius 1 is 0.483 bits per heavy atom. The van der Waals surface area contributed by atoms with Crippen LogP contribution in [0.4, 0.5) is 0 Å². The van der Waals surface area contributed by atoms with Crippen molar-refractivity contribution in [1.82, 2.24) is 5.32 Å². The van der Waals surface area contributed by atoms with Gasteiger partial charge in [-0.25, -0.2) is 5.32 Å². The number of fused-ring (bicyclic) bond motifs is 6. The van der Waals surface area contributed by atoms with Gasteiger partial charge in [0, 0.05) is 13.1 Å². The topological polar surface area (TPSA) is 14.1 Å².